The van der Waals surface area contributed by atoms with Crippen LogP contribution in [-0.4, -0.2) is 26.8 Å². The number of methoxy groups -OCH3 is 1. The van der Waals surface area contributed by atoms with Gasteiger partial charge in [-0.3, -0.25) is 0 Å². The number of benzene rings is 1. The number of aryl methyl sites for hydroxylation is 2. The molecule has 0 bridgehead atoms. The van der Waals surface area contributed by atoms with E-state index >= 15 is 0 Å². The lowest BCUT2D eigenvalue weighted by atomic mass is 10.2. The predicted molar refractivity (Wildman–Crippen MR) is 103 cm³/mol. The molecular weight excluding hydrogens is 342 g/mol. The highest BCUT2D eigenvalue weighted by molar-refractivity contribution is 5.86. The lowest BCUT2D eigenvalue weighted by Gasteiger charge is -2.13. The number of para-hydroxylation sites is 1. The fourth-order valence-electron chi connectivity index (χ4n) is 3.17. The molecule has 0 saturated carbocycles. The standard InChI is InChI=1S/C20H21N5O2/c1-13-10-16(24-27-13)11-21-20-19-17(22-14(2)23-20)8-9-25(19)12-15-6-4-5-7-18(15)26-3/h4-10H,11-12H2,1-3H3,(H,21,22,23). The summed E-state index contributed by atoms with van der Waals surface area (Å²) in [6.07, 6.45) is 2.02. The molecule has 0 spiro atoms. The Balaban J connectivity index is 1.69. The Labute approximate surface area is 157 Å². The van der Waals surface area contributed by atoms with E-state index in [2.05, 4.69) is 31.1 Å². The molecule has 7 nitrogen and oxygen atoms in total. The van der Waals surface area contributed by atoms with E-state index in [9.17, 15) is 0 Å². The molecular formula is C20H21N5O2. The number of aromatic nitrogens is 4. The number of ether oxygens (including phenoxy) is 1. The maximum Gasteiger partial charge on any atom is 0.154 e. The van der Waals surface area contributed by atoms with Crippen LogP contribution < -0.4 is 10.1 Å². The first-order valence-electron chi connectivity index (χ1n) is 8.75. The second-order valence-corrected chi connectivity index (χ2v) is 6.39. The molecule has 3 aromatic heterocycles. The Kier molecular flexibility index (Phi) is 4.50. The molecule has 3 heterocycles. The molecule has 1 aromatic carbocycles. The second-order valence-electron chi connectivity index (χ2n) is 6.39. The van der Waals surface area contributed by atoms with Crippen molar-refractivity contribution in [1.82, 2.24) is 19.7 Å². The van der Waals surface area contributed by atoms with E-state index in [1.807, 2.05) is 50.4 Å². The molecule has 0 radical (unpaired) electrons. The quantitative estimate of drug-likeness (QED) is 0.563. The van der Waals surface area contributed by atoms with Crippen LogP contribution in [0.2, 0.25) is 0 Å². The van der Waals surface area contributed by atoms with Crippen LogP contribution >= 0.6 is 0 Å². The molecule has 0 saturated heterocycles. The third kappa shape index (κ3) is 3.48. The summed E-state index contributed by atoms with van der Waals surface area (Å²) in [5, 5.41) is 7.40. The van der Waals surface area contributed by atoms with E-state index in [0.717, 1.165) is 45.4 Å². The summed E-state index contributed by atoms with van der Waals surface area (Å²) < 4.78 is 12.7. The van der Waals surface area contributed by atoms with E-state index in [0.29, 0.717) is 13.1 Å². The minimum Gasteiger partial charge on any atom is -0.496 e. The highest BCUT2D eigenvalue weighted by Gasteiger charge is 2.13. The highest BCUT2D eigenvalue weighted by Crippen LogP contribution is 2.26. The second kappa shape index (κ2) is 7.11. The van der Waals surface area contributed by atoms with Gasteiger partial charge < -0.3 is 19.1 Å². The zero-order valence-electron chi connectivity index (χ0n) is 15.6. The largest absolute Gasteiger partial charge is 0.496 e. The van der Waals surface area contributed by atoms with Gasteiger partial charge in [0.25, 0.3) is 0 Å². The average molecular weight is 363 g/mol. The van der Waals surface area contributed by atoms with Crippen molar-refractivity contribution in [3.63, 3.8) is 0 Å². The van der Waals surface area contributed by atoms with Gasteiger partial charge in [-0.25, -0.2) is 9.97 Å². The van der Waals surface area contributed by atoms with Crippen molar-refractivity contribution < 1.29 is 9.26 Å². The molecule has 0 aliphatic carbocycles. The van der Waals surface area contributed by atoms with Crippen molar-refractivity contribution in [2.24, 2.45) is 0 Å². The van der Waals surface area contributed by atoms with Gasteiger partial charge in [-0.15, -0.1) is 0 Å². The first kappa shape index (κ1) is 17.1. The number of nitrogens with one attached hydrogen (secondary N) is 1. The van der Waals surface area contributed by atoms with Crippen LogP contribution in [0.4, 0.5) is 5.82 Å². The fraction of sp³-hybridized carbons (Fsp3) is 0.250. The number of hydrogen-bond donors (Lipinski definition) is 1. The topological polar surface area (TPSA) is 78.0 Å². The number of anilines is 1. The Morgan fingerprint density at radius 3 is 2.78 bits per heavy atom. The Hall–Kier alpha value is -3.35. The number of nitrogens with zero attached hydrogens (tertiary/aromatic N) is 4. The molecule has 0 fully saturated rings. The van der Waals surface area contributed by atoms with Gasteiger partial charge in [-0.1, -0.05) is 23.4 Å². The summed E-state index contributed by atoms with van der Waals surface area (Å²) >= 11 is 0. The average Bonchev–Trinajstić information content (AvgIpc) is 3.26. The molecule has 0 atom stereocenters. The van der Waals surface area contributed by atoms with Gasteiger partial charge >= 0.3 is 0 Å². The Morgan fingerprint density at radius 1 is 1.15 bits per heavy atom. The molecule has 138 valence electrons. The molecule has 4 rings (SSSR count). The van der Waals surface area contributed by atoms with Gasteiger partial charge in [0.05, 0.1) is 25.7 Å². The van der Waals surface area contributed by atoms with Crippen LogP contribution in [0.3, 0.4) is 0 Å². The summed E-state index contributed by atoms with van der Waals surface area (Å²) in [6.45, 7) is 4.96. The Morgan fingerprint density at radius 2 is 2.00 bits per heavy atom. The normalized spacial score (nSPS) is 11.1. The smallest absolute Gasteiger partial charge is 0.154 e. The lowest BCUT2D eigenvalue weighted by Crippen LogP contribution is -2.08. The molecule has 1 N–H and O–H groups in total. The van der Waals surface area contributed by atoms with Crippen molar-refractivity contribution in [2.45, 2.75) is 26.9 Å². The monoisotopic (exact) mass is 363 g/mol. The van der Waals surface area contributed by atoms with Crippen molar-refractivity contribution in [2.75, 3.05) is 12.4 Å². The third-order valence-corrected chi connectivity index (χ3v) is 4.37. The Bertz CT molecular complexity index is 1080. The third-order valence-electron chi connectivity index (χ3n) is 4.37. The molecule has 0 unspecified atom stereocenters. The van der Waals surface area contributed by atoms with E-state index < -0.39 is 0 Å². The number of fused-ring (bicyclic) bond motifs is 1. The molecule has 4 aromatic rings. The van der Waals surface area contributed by atoms with Gasteiger partial charge in [0.1, 0.15) is 28.5 Å². The van der Waals surface area contributed by atoms with E-state index in [1.54, 1.807) is 7.11 Å². The van der Waals surface area contributed by atoms with Crippen molar-refractivity contribution in [1.29, 1.82) is 0 Å². The zero-order valence-corrected chi connectivity index (χ0v) is 15.6. The van der Waals surface area contributed by atoms with E-state index in [1.165, 1.54) is 0 Å². The predicted octanol–water partition coefficient (Wildman–Crippen LogP) is 3.71. The summed E-state index contributed by atoms with van der Waals surface area (Å²) in [5.74, 6) is 3.14. The number of hydrogen-bond acceptors (Lipinski definition) is 6. The summed E-state index contributed by atoms with van der Waals surface area (Å²) in [5.41, 5.74) is 3.78. The van der Waals surface area contributed by atoms with Gasteiger partial charge in [0.2, 0.25) is 0 Å². The first-order valence-corrected chi connectivity index (χ1v) is 8.75. The summed E-state index contributed by atoms with van der Waals surface area (Å²) in [7, 11) is 1.69. The maximum absolute atomic E-state index is 5.48. The van der Waals surface area contributed by atoms with E-state index in [-0.39, 0.29) is 0 Å². The van der Waals surface area contributed by atoms with Gasteiger partial charge in [-0.05, 0) is 26.0 Å². The van der Waals surface area contributed by atoms with E-state index in [4.69, 9.17) is 9.26 Å². The van der Waals surface area contributed by atoms with Gasteiger partial charge in [0, 0.05) is 17.8 Å². The molecule has 27 heavy (non-hydrogen) atoms. The van der Waals surface area contributed by atoms with Crippen LogP contribution in [0.1, 0.15) is 22.8 Å². The summed E-state index contributed by atoms with van der Waals surface area (Å²) in [6, 6.07) is 11.9. The molecule has 0 aliphatic heterocycles. The SMILES string of the molecule is COc1ccccc1Cn1ccc2nc(C)nc(NCc3cc(C)on3)c21. The van der Waals surface area contributed by atoms with Crippen LogP contribution in [0.25, 0.3) is 11.0 Å². The lowest BCUT2D eigenvalue weighted by molar-refractivity contribution is 0.391. The molecule has 0 amide bonds. The highest BCUT2D eigenvalue weighted by atomic mass is 16.5. The molecule has 7 heteroatoms. The maximum atomic E-state index is 5.48. The van der Waals surface area contributed by atoms with Crippen molar-refractivity contribution in [3.8, 4) is 5.75 Å². The number of rotatable bonds is 6. The van der Waals surface area contributed by atoms with Gasteiger partial charge in [0.15, 0.2) is 5.82 Å². The van der Waals surface area contributed by atoms with Crippen LogP contribution in [0, 0.1) is 13.8 Å². The molecule has 0 aliphatic rings. The van der Waals surface area contributed by atoms with Crippen LogP contribution in [-0.2, 0) is 13.1 Å². The minimum absolute atomic E-state index is 0.530. The zero-order chi connectivity index (χ0) is 18.8. The summed E-state index contributed by atoms with van der Waals surface area (Å²) in [4.78, 5) is 9.17. The fourth-order valence-corrected chi connectivity index (χ4v) is 3.17. The van der Waals surface area contributed by atoms with Crippen LogP contribution in [0.15, 0.2) is 47.1 Å². The minimum atomic E-state index is 0.530. The first-order chi connectivity index (χ1) is 13.1. The van der Waals surface area contributed by atoms with Crippen molar-refractivity contribution in [3.05, 3.63) is 65.4 Å². The van der Waals surface area contributed by atoms with Crippen molar-refractivity contribution >= 4 is 16.9 Å². The van der Waals surface area contributed by atoms with Gasteiger partial charge in [-0.2, -0.15) is 0 Å². The van der Waals surface area contributed by atoms with Crippen LogP contribution in [0.5, 0.6) is 5.75 Å².